The second-order valence-electron chi connectivity index (χ2n) is 1.16. The van der Waals surface area contributed by atoms with Crippen molar-refractivity contribution < 1.29 is 19.1 Å². The zero-order chi connectivity index (χ0) is 9.28. The highest BCUT2D eigenvalue weighted by molar-refractivity contribution is 5.65. The molecule has 0 unspecified atom stereocenters. The van der Waals surface area contributed by atoms with Crippen molar-refractivity contribution in [3.05, 3.63) is 0 Å². The fourth-order valence-electron chi connectivity index (χ4n) is 0.0589. The molecule has 0 radical (unpaired) electrons. The second kappa shape index (κ2) is 8.50. The third kappa shape index (κ3) is 17.7. The van der Waals surface area contributed by atoms with Gasteiger partial charge in [-0.05, 0) is 0 Å². The van der Waals surface area contributed by atoms with E-state index in [1.165, 1.54) is 14.2 Å². The summed E-state index contributed by atoms with van der Waals surface area (Å²) in [6.07, 6.45) is -1.38. The van der Waals surface area contributed by atoms with E-state index in [1.54, 1.807) is 5.43 Å². The first-order valence-corrected chi connectivity index (χ1v) is 2.46. The van der Waals surface area contributed by atoms with Gasteiger partial charge in [0.25, 0.3) is 0 Å². The number of hydrazine groups is 1. The van der Waals surface area contributed by atoms with E-state index in [2.05, 4.69) is 21.1 Å². The summed E-state index contributed by atoms with van der Waals surface area (Å²) in [5, 5.41) is 0. The Bertz CT molecular complexity index is 121. The van der Waals surface area contributed by atoms with Gasteiger partial charge < -0.3 is 15.2 Å². The Morgan fingerprint density at radius 3 is 1.64 bits per heavy atom. The largest absolute Gasteiger partial charge is 0.453 e. The van der Waals surface area contributed by atoms with Gasteiger partial charge in [-0.15, -0.1) is 0 Å². The van der Waals surface area contributed by atoms with Gasteiger partial charge >= 0.3 is 12.2 Å². The van der Waals surface area contributed by atoms with Crippen LogP contribution in [0, 0.1) is 0 Å². The van der Waals surface area contributed by atoms with Crippen molar-refractivity contribution in [1.29, 1.82) is 0 Å². The van der Waals surface area contributed by atoms with Crippen LogP contribution >= 0.6 is 0 Å². The maximum absolute atomic E-state index is 9.72. The minimum Gasteiger partial charge on any atom is -0.453 e. The molecule has 0 atom stereocenters. The van der Waals surface area contributed by atoms with Crippen molar-refractivity contribution in [2.75, 3.05) is 14.2 Å². The van der Waals surface area contributed by atoms with Gasteiger partial charge in [0.05, 0.1) is 14.2 Å². The van der Waals surface area contributed by atoms with Crippen LogP contribution in [-0.4, -0.2) is 26.4 Å². The molecule has 7 heteroatoms. The average Bonchev–Trinajstić information content (AvgIpc) is 2.04. The highest BCUT2D eigenvalue weighted by atomic mass is 16.5. The van der Waals surface area contributed by atoms with Crippen LogP contribution < -0.4 is 17.0 Å². The molecule has 7 nitrogen and oxygen atoms in total. The van der Waals surface area contributed by atoms with Crippen molar-refractivity contribution in [3.8, 4) is 0 Å². The number of carbonyl (C=O) groups excluding carboxylic acids is 2. The lowest BCUT2D eigenvalue weighted by Gasteiger charge is -1.90. The predicted molar refractivity (Wildman–Crippen MR) is 36.3 cm³/mol. The Morgan fingerprint density at radius 1 is 1.27 bits per heavy atom. The van der Waals surface area contributed by atoms with E-state index in [0.717, 1.165) is 0 Å². The van der Waals surface area contributed by atoms with E-state index in [1.807, 2.05) is 0 Å². The summed E-state index contributed by atoms with van der Waals surface area (Å²) in [5.41, 5.74) is 6.18. The molecule has 0 aromatic heterocycles. The van der Waals surface area contributed by atoms with E-state index in [-0.39, 0.29) is 0 Å². The molecule has 0 aliphatic carbocycles. The SMILES string of the molecule is COC(=O)NN.COC(N)=O. The molecule has 0 saturated heterocycles. The Balaban J connectivity index is 0. The van der Waals surface area contributed by atoms with Crippen LogP contribution in [0.4, 0.5) is 9.59 Å². The number of carbonyl (C=O) groups is 2. The second-order valence-corrected chi connectivity index (χ2v) is 1.16. The standard InChI is InChI=1S/C2H6N2O2.C2H5NO2/c1-6-2(5)4-3;1-5-2(3)4/h3H2,1H3,(H,4,5);1H3,(H2,3,4). The topological polar surface area (TPSA) is 117 Å². The summed E-state index contributed by atoms with van der Waals surface area (Å²) in [6.45, 7) is 0. The summed E-state index contributed by atoms with van der Waals surface area (Å²) in [4.78, 5) is 19.1. The Morgan fingerprint density at radius 2 is 1.64 bits per heavy atom. The molecule has 0 aromatic rings. The van der Waals surface area contributed by atoms with Crippen LogP contribution in [0.2, 0.25) is 0 Å². The summed E-state index contributed by atoms with van der Waals surface area (Å²) < 4.78 is 7.91. The third-order valence-corrected chi connectivity index (χ3v) is 0.504. The first-order valence-electron chi connectivity index (χ1n) is 2.46. The molecule has 66 valence electrons. The Hall–Kier alpha value is -1.50. The Kier molecular flexibility index (Phi) is 9.43. The van der Waals surface area contributed by atoms with Gasteiger partial charge in [-0.3, -0.25) is 5.43 Å². The van der Waals surface area contributed by atoms with Crippen LogP contribution in [-0.2, 0) is 9.47 Å². The van der Waals surface area contributed by atoms with Crippen LogP contribution in [0.3, 0.4) is 0 Å². The summed E-state index contributed by atoms with van der Waals surface area (Å²) >= 11 is 0. The lowest BCUT2D eigenvalue weighted by atomic mass is 11.2. The summed E-state index contributed by atoms with van der Waals surface area (Å²) in [6, 6.07) is 0. The van der Waals surface area contributed by atoms with Crippen molar-refractivity contribution in [1.82, 2.24) is 5.43 Å². The number of hydrogen-bond donors (Lipinski definition) is 3. The van der Waals surface area contributed by atoms with Gasteiger partial charge in [-0.1, -0.05) is 0 Å². The molecule has 0 aliphatic rings. The minimum atomic E-state index is -0.745. The third-order valence-electron chi connectivity index (χ3n) is 0.504. The fraction of sp³-hybridized carbons (Fsp3) is 0.500. The first kappa shape index (κ1) is 12.2. The molecule has 11 heavy (non-hydrogen) atoms. The van der Waals surface area contributed by atoms with Crippen molar-refractivity contribution in [2.24, 2.45) is 11.6 Å². The number of methoxy groups -OCH3 is 2. The van der Waals surface area contributed by atoms with Crippen LogP contribution in [0.5, 0.6) is 0 Å². The summed E-state index contributed by atoms with van der Waals surface area (Å²) in [5.74, 6) is 4.56. The number of rotatable bonds is 0. The van der Waals surface area contributed by atoms with Gasteiger partial charge in [0.2, 0.25) is 0 Å². The molecule has 0 aromatic carbocycles. The number of nitrogens with one attached hydrogen (secondary N) is 1. The van der Waals surface area contributed by atoms with Crippen molar-refractivity contribution in [3.63, 3.8) is 0 Å². The molecule has 0 heterocycles. The molecule has 0 aliphatic heterocycles. The van der Waals surface area contributed by atoms with Gasteiger partial charge in [-0.2, -0.15) is 0 Å². The maximum atomic E-state index is 9.72. The molecule has 0 spiro atoms. The first-order chi connectivity index (χ1) is 5.08. The molecule has 0 bridgehead atoms. The number of nitrogens with two attached hydrogens (primary N) is 2. The van der Waals surface area contributed by atoms with Gasteiger partial charge in [0.15, 0.2) is 0 Å². The Labute approximate surface area is 63.6 Å². The van der Waals surface area contributed by atoms with E-state index in [9.17, 15) is 9.59 Å². The molecular formula is C4H11N3O4. The number of hydrogen-bond acceptors (Lipinski definition) is 5. The van der Waals surface area contributed by atoms with E-state index < -0.39 is 12.2 Å². The van der Waals surface area contributed by atoms with E-state index in [4.69, 9.17) is 0 Å². The van der Waals surface area contributed by atoms with Crippen LogP contribution in [0.15, 0.2) is 0 Å². The predicted octanol–water partition coefficient (Wildman–Crippen LogP) is -1.07. The highest BCUT2D eigenvalue weighted by Gasteiger charge is 1.85. The van der Waals surface area contributed by atoms with Crippen molar-refractivity contribution >= 4 is 12.2 Å². The van der Waals surface area contributed by atoms with Crippen molar-refractivity contribution in [2.45, 2.75) is 0 Å². The lowest BCUT2D eigenvalue weighted by molar-refractivity contribution is 0.171. The fourth-order valence-corrected chi connectivity index (χ4v) is 0.0589. The van der Waals surface area contributed by atoms with Gasteiger partial charge in [0, 0.05) is 0 Å². The molecule has 2 amide bonds. The average molecular weight is 165 g/mol. The molecular weight excluding hydrogens is 154 g/mol. The van der Waals surface area contributed by atoms with E-state index in [0.29, 0.717) is 0 Å². The van der Waals surface area contributed by atoms with E-state index >= 15 is 0 Å². The van der Waals surface area contributed by atoms with Gasteiger partial charge in [0.1, 0.15) is 0 Å². The van der Waals surface area contributed by atoms with Gasteiger partial charge in [-0.25, -0.2) is 15.4 Å². The monoisotopic (exact) mass is 165 g/mol. The zero-order valence-corrected chi connectivity index (χ0v) is 6.29. The molecule has 0 fully saturated rings. The molecule has 5 N–H and O–H groups in total. The smallest absolute Gasteiger partial charge is 0.421 e. The molecule has 0 rings (SSSR count). The normalized spacial score (nSPS) is 6.82. The quantitative estimate of drug-likeness (QED) is 0.240. The zero-order valence-electron chi connectivity index (χ0n) is 6.29. The molecule has 0 saturated carbocycles. The van der Waals surface area contributed by atoms with Crippen LogP contribution in [0.1, 0.15) is 0 Å². The summed E-state index contributed by atoms with van der Waals surface area (Å²) in [7, 11) is 2.46. The lowest BCUT2D eigenvalue weighted by Crippen LogP contribution is -2.29. The minimum absolute atomic E-state index is 0.630. The maximum Gasteiger partial charge on any atom is 0.421 e. The van der Waals surface area contributed by atoms with Crippen LogP contribution in [0.25, 0.3) is 0 Å². The number of amides is 2. The number of ether oxygens (including phenoxy) is 2. The highest BCUT2D eigenvalue weighted by Crippen LogP contribution is 1.60. The number of primary amides is 1.